The largest absolute Gasteiger partial charge is 0.508 e. The minimum absolute atomic E-state index is 0.126. The third-order valence-corrected chi connectivity index (χ3v) is 3.53. The van der Waals surface area contributed by atoms with Crippen molar-refractivity contribution in [3.63, 3.8) is 0 Å². The minimum atomic E-state index is -0.191. The van der Waals surface area contributed by atoms with E-state index < -0.39 is 0 Å². The molecule has 0 aliphatic carbocycles. The minimum Gasteiger partial charge on any atom is -0.508 e. The lowest BCUT2D eigenvalue weighted by atomic mass is 10.1. The SMILES string of the molecule is O=C1C2CC(CO2)N1CCc1cccc(O)c1. The molecule has 2 aliphatic heterocycles. The molecule has 0 aromatic heterocycles. The van der Waals surface area contributed by atoms with Crippen LogP contribution in [0.4, 0.5) is 0 Å². The second-order valence-electron chi connectivity index (χ2n) is 4.66. The predicted molar refractivity (Wildman–Crippen MR) is 61.7 cm³/mol. The van der Waals surface area contributed by atoms with Crippen molar-refractivity contribution in [1.29, 1.82) is 0 Å². The average Bonchev–Trinajstić information content (AvgIpc) is 2.88. The predicted octanol–water partition coefficient (Wildman–Crippen LogP) is 0.934. The van der Waals surface area contributed by atoms with Gasteiger partial charge in [0.1, 0.15) is 11.9 Å². The first-order valence-electron chi connectivity index (χ1n) is 5.94. The van der Waals surface area contributed by atoms with Gasteiger partial charge in [-0.05, 0) is 24.1 Å². The Morgan fingerprint density at radius 2 is 2.35 bits per heavy atom. The molecule has 2 aliphatic rings. The number of ether oxygens (including phenoxy) is 1. The molecule has 3 rings (SSSR count). The van der Waals surface area contributed by atoms with Crippen molar-refractivity contribution in [3.8, 4) is 5.75 Å². The van der Waals surface area contributed by atoms with Gasteiger partial charge in [0, 0.05) is 13.0 Å². The highest BCUT2D eigenvalue weighted by molar-refractivity contribution is 5.84. The molecule has 2 saturated heterocycles. The van der Waals surface area contributed by atoms with E-state index in [0.29, 0.717) is 13.2 Å². The summed E-state index contributed by atoms with van der Waals surface area (Å²) in [7, 11) is 0. The number of hydrogen-bond donors (Lipinski definition) is 1. The second-order valence-corrected chi connectivity index (χ2v) is 4.66. The molecule has 4 nitrogen and oxygen atoms in total. The van der Waals surface area contributed by atoms with E-state index in [9.17, 15) is 9.90 Å². The molecule has 4 heteroatoms. The zero-order valence-electron chi connectivity index (χ0n) is 9.50. The monoisotopic (exact) mass is 233 g/mol. The van der Waals surface area contributed by atoms with Crippen LogP contribution in [-0.2, 0) is 16.0 Å². The molecule has 2 atom stereocenters. The standard InChI is InChI=1S/C13H15NO3/c15-11-3-1-2-9(6-11)4-5-14-10-7-12(13(14)16)17-8-10/h1-3,6,10,12,15H,4-5,7-8H2. The number of phenolic OH excluding ortho intramolecular Hbond substituents is 1. The van der Waals surface area contributed by atoms with E-state index in [-0.39, 0.29) is 23.8 Å². The van der Waals surface area contributed by atoms with Crippen LogP contribution in [0.3, 0.4) is 0 Å². The summed E-state index contributed by atoms with van der Waals surface area (Å²) in [6, 6.07) is 7.46. The van der Waals surface area contributed by atoms with E-state index in [0.717, 1.165) is 18.4 Å². The summed E-state index contributed by atoms with van der Waals surface area (Å²) in [6.45, 7) is 1.39. The Morgan fingerprint density at radius 3 is 3.06 bits per heavy atom. The van der Waals surface area contributed by atoms with Crippen LogP contribution >= 0.6 is 0 Å². The molecule has 1 aromatic rings. The number of carbonyl (C=O) groups excluding carboxylic acids is 1. The van der Waals surface area contributed by atoms with Crippen molar-refractivity contribution < 1.29 is 14.6 Å². The van der Waals surface area contributed by atoms with E-state index >= 15 is 0 Å². The molecule has 1 N–H and O–H groups in total. The molecule has 0 spiro atoms. The number of rotatable bonds is 3. The van der Waals surface area contributed by atoms with E-state index in [1.54, 1.807) is 12.1 Å². The third-order valence-electron chi connectivity index (χ3n) is 3.53. The van der Waals surface area contributed by atoms with Gasteiger partial charge in [0.05, 0.1) is 12.6 Å². The van der Waals surface area contributed by atoms with Gasteiger partial charge in [-0.1, -0.05) is 12.1 Å². The topological polar surface area (TPSA) is 49.8 Å². The zero-order valence-corrected chi connectivity index (χ0v) is 9.50. The molecular formula is C13H15NO3. The van der Waals surface area contributed by atoms with Crippen LogP contribution in [0, 0.1) is 0 Å². The fourth-order valence-corrected chi connectivity index (χ4v) is 2.62. The molecule has 2 heterocycles. The Kier molecular flexibility index (Phi) is 2.52. The number of hydrogen-bond acceptors (Lipinski definition) is 3. The quantitative estimate of drug-likeness (QED) is 0.845. The molecule has 17 heavy (non-hydrogen) atoms. The van der Waals surface area contributed by atoms with E-state index in [2.05, 4.69) is 0 Å². The smallest absolute Gasteiger partial charge is 0.252 e. The summed E-state index contributed by atoms with van der Waals surface area (Å²) in [5.41, 5.74) is 1.06. The maximum atomic E-state index is 11.8. The fraction of sp³-hybridized carbons (Fsp3) is 0.462. The molecule has 90 valence electrons. The van der Waals surface area contributed by atoms with E-state index in [1.165, 1.54) is 0 Å². The summed E-state index contributed by atoms with van der Waals surface area (Å²) in [6.07, 6.45) is 1.44. The highest BCUT2D eigenvalue weighted by atomic mass is 16.5. The Balaban J connectivity index is 1.63. The maximum Gasteiger partial charge on any atom is 0.252 e. The molecular weight excluding hydrogens is 218 g/mol. The molecule has 0 saturated carbocycles. The molecule has 1 aromatic carbocycles. The van der Waals surface area contributed by atoms with Gasteiger partial charge in [-0.25, -0.2) is 0 Å². The number of nitrogens with zero attached hydrogens (tertiary/aromatic N) is 1. The Hall–Kier alpha value is -1.55. The number of fused-ring (bicyclic) bond motifs is 2. The van der Waals surface area contributed by atoms with Crippen molar-refractivity contribution in [2.75, 3.05) is 13.2 Å². The van der Waals surface area contributed by atoms with Crippen molar-refractivity contribution in [1.82, 2.24) is 4.90 Å². The summed E-state index contributed by atoms with van der Waals surface area (Å²) in [5, 5.41) is 9.36. The normalized spacial score (nSPS) is 26.8. The van der Waals surface area contributed by atoms with Crippen molar-refractivity contribution in [2.24, 2.45) is 0 Å². The zero-order chi connectivity index (χ0) is 11.8. The molecule has 2 unspecified atom stereocenters. The van der Waals surface area contributed by atoms with Crippen molar-refractivity contribution >= 4 is 5.91 Å². The molecule has 1 amide bonds. The van der Waals surface area contributed by atoms with Crippen LogP contribution in [0.25, 0.3) is 0 Å². The van der Waals surface area contributed by atoms with E-state index in [4.69, 9.17) is 4.74 Å². The first kappa shape index (κ1) is 10.6. The number of benzene rings is 1. The lowest BCUT2D eigenvalue weighted by Crippen LogP contribution is -2.42. The number of aromatic hydroxyl groups is 1. The first-order valence-corrected chi connectivity index (χ1v) is 5.94. The second kappa shape index (κ2) is 4.04. The Labute approximate surface area is 99.8 Å². The maximum absolute atomic E-state index is 11.8. The van der Waals surface area contributed by atoms with Gasteiger partial charge in [-0.15, -0.1) is 0 Å². The highest BCUT2D eigenvalue weighted by Crippen LogP contribution is 2.29. The van der Waals surface area contributed by atoms with Crippen LogP contribution in [0.2, 0.25) is 0 Å². The Bertz CT molecular complexity index is 446. The number of phenols is 1. The van der Waals surface area contributed by atoms with Gasteiger partial charge in [0.2, 0.25) is 0 Å². The van der Waals surface area contributed by atoms with Gasteiger partial charge in [-0.3, -0.25) is 4.79 Å². The fourth-order valence-electron chi connectivity index (χ4n) is 2.62. The highest BCUT2D eigenvalue weighted by Gasteiger charge is 2.45. The lowest BCUT2D eigenvalue weighted by molar-refractivity contribution is -0.143. The van der Waals surface area contributed by atoms with Crippen LogP contribution in [0.5, 0.6) is 5.75 Å². The summed E-state index contributed by atoms with van der Waals surface area (Å²) in [5.74, 6) is 0.404. The Morgan fingerprint density at radius 1 is 1.47 bits per heavy atom. The average molecular weight is 233 g/mol. The van der Waals surface area contributed by atoms with Gasteiger partial charge in [-0.2, -0.15) is 0 Å². The number of morpholine rings is 1. The van der Waals surface area contributed by atoms with Crippen LogP contribution in [0.15, 0.2) is 24.3 Å². The summed E-state index contributed by atoms with van der Waals surface area (Å²) < 4.78 is 5.33. The number of likely N-dealkylation sites (tertiary alicyclic amines) is 1. The lowest BCUT2D eigenvalue weighted by Gasteiger charge is -2.26. The first-order chi connectivity index (χ1) is 8.24. The molecule has 0 radical (unpaired) electrons. The van der Waals surface area contributed by atoms with Crippen LogP contribution < -0.4 is 0 Å². The summed E-state index contributed by atoms with van der Waals surface area (Å²) in [4.78, 5) is 13.7. The summed E-state index contributed by atoms with van der Waals surface area (Å²) >= 11 is 0. The molecule has 2 fully saturated rings. The van der Waals surface area contributed by atoms with Crippen molar-refractivity contribution in [3.05, 3.63) is 29.8 Å². The van der Waals surface area contributed by atoms with Crippen LogP contribution in [-0.4, -0.2) is 41.2 Å². The van der Waals surface area contributed by atoms with Crippen LogP contribution in [0.1, 0.15) is 12.0 Å². The van der Waals surface area contributed by atoms with Gasteiger partial charge < -0.3 is 14.7 Å². The van der Waals surface area contributed by atoms with Crippen molar-refractivity contribution in [2.45, 2.75) is 25.0 Å². The third kappa shape index (κ3) is 1.89. The number of amides is 1. The van der Waals surface area contributed by atoms with E-state index in [1.807, 2.05) is 17.0 Å². The molecule has 2 bridgehead atoms. The van der Waals surface area contributed by atoms with Gasteiger partial charge in [0.15, 0.2) is 0 Å². The van der Waals surface area contributed by atoms with Gasteiger partial charge in [0.25, 0.3) is 5.91 Å². The number of carbonyl (C=O) groups is 1. The van der Waals surface area contributed by atoms with Gasteiger partial charge >= 0.3 is 0 Å².